The lowest BCUT2D eigenvalue weighted by Gasteiger charge is -2.12. The minimum Gasteiger partial charge on any atom is -0.493 e. The monoisotopic (exact) mass is 232 g/mol. The van der Waals surface area contributed by atoms with E-state index >= 15 is 0 Å². The van der Waals surface area contributed by atoms with Crippen LogP contribution in [0.5, 0.6) is 17.2 Å². The third kappa shape index (κ3) is 2.94. The zero-order chi connectivity index (χ0) is 12.8. The highest BCUT2D eigenvalue weighted by molar-refractivity contribution is 5.61. The lowest BCUT2D eigenvalue weighted by atomic mass is 10.1. The predicted octanol–water partition coefficient (Wildman–Crippen LogP) is 2.64. The van der Waals surface area contributed by atoms with Gasteiger partial charge in [0.2, 0.25) is 5.75 Å². The van der Waals surface area contributed by atoms with Crippen molar-refractivity contribution < 1.29 is 14.2 Å². The molecule has 0 aromatic heterocycles. The Bertz CT molecular complexity index is 478. The molecule has 0 unspecified atom stereocenters. The Morgan fingerprint density at radius 1 is 1.06 bits per heavy atom. The minimum absolute atomic E-state index is 0.545. The summed E-state index contributed by atoms with van der Waals surface area (Å²) in [6.45, 7) is 5.58. The molecule has 0 bridgehead atoms. The SMILES string of the molecule is C=C(C)C#Cc1ccc(OC)c(OC)c1OC. The maximum absolute atomic E-state index is 5.30. The molecule has 0 fully saturated rings. The number of rotatable bonds is 3. The Labute approximate surface area is 102 Å². The number of hydrogen-bond donors (Lipinski definition) is 0. The van der Waals surface area contributed by atoms with E-state index in [9.17, 15) is 0 Å². The van der Waals surface area contributed by atoms with Crippen LogP contribution in [0.4, 0.5) is 0 Å². The van der Waals surface area contributed by atoms with Gasteiger partial charge in [0.05, 0.1) is 26.9 Å². The van der Waals surface area contributed by atoms with Gasteiger partial charge >= 0.3 is 0 Å². The zero-order valence-electron chi connectivity index (χ0n) is 10.6. The first-order valence-electron chi connectivity index (χ1n) is 5.10. The Morgan fingerprint density at radius 2 is 1.71 bits per heavy atom. The first kappa shape index (κ1) is 13.0. The molecular formula is C14H16O3. The van der Waals surface area contributed by atoms with Gasteiger partial charge in [-0.05, 0) is 24.6 Å². The van der Waals surface area contributed by atoms with Crippen molar-refractivity contribution >= 4 is 0 Å². The lowest BCUT2D eigenvalue weighted by Crippen LogP contribution is -1.96. The smallest absolute Gasteiger partial charge is 0.204 e. The molecule has 0 radical (unpaired) electrons. The van der Waals surface area contributed by atoms with Crippen molar-refractivity contribution in [3.05, 3.63) is 29.8 Å². The zero-order valence-corrected chi connectivity index (χ0v) is 10.6. The molecule has 0 saturated heterocycles. The largest absolute Gasteiger partial charge is 0.493 e. The molecule has 0 spiro atoms. The molecule has 90 valence electrons. The van der Waals surface area contributed by atoms with E-state index in [1.807, 2.05) is 13.0 Å². The van der Waals surface area contributed by atoms with Gasteiger partial charge < -0.3 is 14.2 Å². The molecule has 0 aliphatic rings. The molecule has 0 saturated carbocycles. The number of benzene rings is 1. The van der Waals surface area contributed by atoms with Crippen molar-refractivity contribution in [2.45, 2.75) is 6.92 Å². The highest BCUT2D eigenvalue weighted by Gasteiger charge is 2.14. The summed E-state index contributed by atoms with van der Waals surface area (Å²) in [5, 5.41) is 0. The summed E-state index contributed by atoms with van der Waals surface area (Å²) < 4.78 is 15.8. The highest BCUT2D eigenvalue weighted by atomic mass is 16.5. The Balaban J connectivity index is 3.34. The maximum Gasteiger partial charge on any atom is 0.204 e. The molecule has 0 aliphatic heterocycles. The first-order chi connectivity index (χ1) is 8.13. The Hall–Kier alpha value is -2.08. The van der Waals surface area contributed by atoms with E-state index in [4.69, 9.17) is 14.2 Å². The van der Waals surface area contributed by atoms with E-state index in [0.29, 0.717) is 17.2 Å². The van der Waals surface area contributed by atoms with Gasteiger partial charge in [0.1, 0.15) is 0 Å². The molecule has 0 atom stereocenters. The second-order valence-corrected chi connectivity index (χ2v) is 3.41. The summed E-state index contributed by atoms with van der Waals surface area (Å²) >= 11 is 0. The van der Waals surface area contributed by atoms with Gasteiger partial charge in [0, 0.05) is 0 Å². The molecule has 3 heteroatoms. The summed E-state index contributed by atoms with van der Waals surface area (Å²) in [7, 11) is 4.72. The van der Waals surface area contributed by atoms with Gasteiger partial charge in [-0.3, -0.25) is 0 Å². The maximum atomic E-state index is 5.30. The third-order valence-corrected chi connectivity index (χ3v) is 2.11. The summed E-state index contributed by atoms with van der Waals surface area (Å²) in [5.41, 5.74) is 1.54. The quantitative estimate of drug-likeness (QED) is 0.750. The second kappa shape index (κ2) is 5.86. The van der Waals surface area contributed by atoms with E-state index in [1.54, 1.807) is 27.4 Å². The summed E-state index contributed by atoms with van der Waals surface area (Å²) in [6, 6.07) is 3.62. The molecule has 0 amide bonds. The van der Waals surface area contributed by atoms with Crippen molar-refractivity contribution in [3.63, 3.8) is 0 Å². The topological polar surface area (TPSA) is 27.7 Å². The third-order valence-electron chi connectivity index (χ3n) is 2.11. The average Bonchev–Trinajstić information content (AvgIpc) is 2.34. The van der Waals surface area contributed by atoms with E-state index in [2.05, 4.69) is 18.4 Å². The molecule has 0 heterocycles. The van der Waals surface area contributed by atoms with Gasteiger partial charge in [0.25, 0.3) is 0 Å². The van der Waals surface area contributed by atoms with E-state index in [-0.39, 0.29) is 0 Å². The number of hydrogen-bond acceptors (Lipinski definition) is 3. The van der Waals surface area contributed by atoms with Crippen LogP contribution >= 0.6 is 0 Å². The van der Waals surface area contributed by atoms with Crippen LogP contribution in [0, 0.1) is 11.8 Å². The molecule has 1 aromatic rings. The van der Waals surface area contributed by atoms with Crippen molar-refractivity contribution in [3.8, 4) is 29.1 Å². The van der Waals surface area contributed by atoms with Crippen LogP contribution in [-0.4, -0.2) is 21.3 Å². The molecule has 0 aliphatic carbocycles. The fourth-order valence-corrected chi connectivity index (χ4v) is 1.37. The van der Waals surface area contributed by atoms with Crippen molar-refractivity contribution in [2.24, 2.45) is 0 Å². The fraction of sp³-hybridized carbons (Fsp3) is 0.286. The van der Waals surface area contributed by atoms with Crippen molar-refractivity contribution in [1.82, 2.24) is 0 Å². The normalized spacial score (nSPS) is 8.94. The summed E-state index contributed by atoms with van der Waals surface area (Å²) in [4.78, 5) is 0. The van der Waals surface area contributed by atoms with Crippen LogP contribution in [0.25, 0.3) is 0 Å². The second-order valence-electron chi connectivity index (χ2n) is 3.41. The van der Waals surface area contributed by atoms with Crippen LogP contribution < -0.4 is 14.2 Å². The predicted molar refractivity (Wildman–Crippen MR) is 67.8 cm³/mol. The van der Waals surface area contributed by atoms with Crippen LogP contribution in [0.2, 0.25) is 0 Å². The van der Waals surface area contributed by atoms with E-state index in [0.717, 1.165) is 11.1 Å². The molecule has 1 aromatic carbocycles. The average molecular weight is 232 g/mol. The van der Waals surface area contributed by atoms with Crippen LogP contribution in [-0.2, 0) is 0 Å². The van der Waals surface area contributed by atoms with Crippen molar-refractivity contribution in [2.75, 3.05) is 21.3 Å². The number of allylic oxidation sites excluding steroid dienone is 1. The molecule has 1 rings (SSSR count). The Morgan fingerprint density at radius 3 is 2.18 bits per heavy atom. The minimum atomic E-state index is 0.545. The van der Waals surface area contributed by atoms with Crippen molar-refractivity contribution in [1.29, 1.82) is 0 Å². The van der Waals surface area contributed by atoms with E-state index in [1.165, 1.54) is 0 Å². The summed E-state index contributed by atoms with van der Waals surface area (Å²) in [6.07, 6.45) is 0. The Kier molecular flexibility index (Phi) is 4.47. The molecule has 0 N–H and O–H groups in total. The van der Waals surface area contributed by atoms with Gasteiger partial charge in [0.15, 0.2) is 11.5 Å². The van der Waals surface area contributed by atoms with Gasteiger partial charge in [-0.2, -0.15) is 0 Å². The fourth-order valence-electron chi connectivity index (χ4n) is 1.37. The van der Waals surface area contributed by atoms with Gasteiger partial charge in [-0.1, -0.05) is 18.4 Å². The van der Waals surface area contributed by atoms with Crippen LogP contribution in [0.3, 0.4) is 0 Å². The standard InChI is InChI=1S/C14H16O3/c1-10(2)6-7-11-8-9-12(15-3)14(17-5)13(11)16-4/h8-9H,1H2,2-5H3. The number of methoxy groups -OCH3 is 3. The molecule has 3 nitrogen and oxygen atoms in total. The number of ether oxygens (including phenoxy) is 3. The lowest BCUT2D eigenvalue weighted by molar-refractivity contribution is 0.324. The van der Waals surface area contributed by atoms with Gasteiger partial charge in [-0.25, -0.2) is 0 Å². The van der Waals surface area contributed by atoms with Crippen LogP contribution in [0.1, 0.15) is 12.5 Å². The molecule has 17 heavy (non-hydrogen) atoms. The van der Waals surface area contributed by atoms with Gasteiger partial charge in [-0.15, -0.1) is 0 Å². The summed E-state index contributed by atoms with van der Waals surface area (Å²) in [5.74, 6) is 7.61. The van der Waals surface area contributed by atoms with Crippen LogP contribution in [0.15, 0.2) is 24.3 Å². The first-order valence-corrected chi connectivity index (χ1v) is 5.10. The molecular weight excluding hydrogens is 216 g/mol. The highest BCUT2D eigenvalue weighted by Crippen LogP contribution is 2.39. The van der Waals surface area contributed by atoms with E-state index < -0.39 is 0 Å².